The van der Waals surface area contributed by atoms with Crippen LogP contribution < -0.4 is 4.74 Å². The van der Waals surface area contributed by atoms with Gasteiger partial charge in [0.15, 0.2) is 0 Å². The largest absolute Gasteiger partial charge is 0.495 e. The molecule has 0 amide bonds. The average Bonchev–Trinajstić information content (AvgIpc) is 2.72. The Morgan fingerprint density at radius 2 is 1.87 bits per heavy atom. The molecule has 2 aliphatic rings. The Kier molecular flexibility index (Phi) is 4.94. The summed E-state index contributed by atoms with van der Waals surface area (Å²) in [4.78, 5) is 2.75. The number of benzene rings is 1. The maximum atomic E-state index is 13.1. The van der Waals surface area contributed by atoms with Gasteiger partial charge in [0.1, 0.15) is 10.6 Å². The molecule has 1 heterocycles. The van der Waals surface area contributed by atoms with E-state index in [0.717, 1.165) is 25.1 Å². The number of methoxy groups -OCH3 is 1. The summed E-state index contributed by atoms with van der Waals surface area (Å²) in [6.45, 7) is 4.89. The number of aryl methyl sites for hydroxylation is 1. The molecule has 1 aromatic rings. The number of hydrogen-bond acceptors (Lipinski definition) is 4. The third kappa shape index (κ3) is 3.39. The van der Waals surface area contributed by atoms with Crippen molar-refractivity contribution in [2.24, 2.45) is 0 Å². The van der Waals surface area contributed by atoms with Crippen molar-refractivity contribution in [1.29, 1.82) is 0 Å². The molecule has 0 N–H and O–H groups in total. The molecule has 128 valence electrons. The minimum atomic E-state index is -3.51. The molecule has 23 heavy (non-hydrogen) atoms. The summed E-state index contributed by atoms with van der Waals surface area (Å²) in [7, 11) is -1.99. The molecule has 1 aromatic carbocycles. The Hall–Kier alpha value is -1.11. The van der Waals surface area contributed by atoms with Crippen LogP contribution in [0.2, 0.25) is 0 Å². The van der Waals surface area contributed by atoms with Crippen molar-refractivity contribution < 1.29 is 13.2 Å². The van der Waals surface area contributed by atoms with Crippen LogP contribution in [-0.2, 0) is 10.0 Å². The van der Waals surface area contributed by atoms with Gasteiger partial charge in [-0.05, 0) is 50.4 Å². The Balaban J connectivity index is 1.80. The highest BCUT2D eigenvalue weighted by Gasteiger charge is 2.32. The van der Waals surface area contributed by atoms with E-state index in [2.05, 4.69) is 4.90 Å². The van der Waals surface area contributed by atoms with E-state index >= 15 is 0 Å². The van der Waals surface area contributed by atoms with Crippen LogP contribution in [-0.4, -0.2) is 57.0 Å². The molecule has 0 bridgehead atoms. The molecule has 2 fully saturated rings. The van der Waals surface area contributed by atoms with Crippen molar-refractivity contribution in [3.63, 3.8) is 0 Å². The molecule has 0 unspecified atom stereocenters. The van der Waals surface area contributed by atoms with Crippen molar-refractivity contribution in [3.05, 3.63) is 23.8 Å². The lowest BCUT2D eigenvalue weighted by Crippen LogP contribution is -2.42. The Morgan fingerprint density at radius 3 is 2.52 bits per heavy atom. The van der Waals surface area contributed by atoms with E-state index in [9.17, 15) is 8.42 Å². The molecule has 6 heteroatoms. The van der Waals surface area contributed by atoms with E-state index in [4.69, 9.17) is 4.74 Å². The van der Waals surface area contributed by atoms with Gasteiger partial charge < -0.3 is 4.74 Å². The highest BCUT2D eigenvalue weighted by Crippen LogP contribution is 2.30. The van der Waals surface area contributed by atoms with Gasteiger partial charge in [-0.2, -0.15) is 4.31 Å². The van der Waals surface area contributed by atoms with Gasteiger partial charge >= 0.3 is 0 Å². The van der Waals surface area contributed by atoms with E-state index in [1.54, 1.807) is 16.4 Å². The lowest BCUT2D eigenvalue weighted by atomic mass is 9.91. The number of nitrogens with zero attached hydrogens (tertiary/aromatic N) is 2. The Bertz CT molecular complexity index is 656. The standard InChI is InChI=1S/C17H26N2O3S/c1-14-7-8-16(22-2)17(13-14)23(20,21)19-10-4-9-18(11-12-19)15-5-3-6-15/h7-8,13,15H,3-6,9-12H2,1-2H3. The van der Waals surface area contributed by atoms with Crippen molar-refractivity contribution >= 4 is 10.0 Å². The van der Waals surface area contributed by atoms with Gasteiger partial charge in [0, 0.05) is 25.7 Å². The van der Waals surface area contributed by atoms with Crippen molar-refractivity contribution in [3.8, 4) is 5.75 Å². The second-order valence-electron chi connectivity index (χ2n) is 6.53. The predicted octanol–water partition coefficient (Wildman–Crippen LogP) is 2.25. The monoisotopic (exact) mass is 338 g/mol. The molecule has 1 saturated carbocycles. The van der Waals surface area contributed by atoms with E-state index < -0.39 is 10.0 Å². The maximum absolute atomic E-state index is 13.1. The first kappa shape index (κ1) is 16.7. The SMILES string of the molecule is COc1ccc(C)cc1S(=O)(=O)N1CCCN(C2CCC2)CC1. The quantitative estimate of drug-likeness (QED) is 0.845. The van der Waals surface area contributed by atoms with Crippen LogP contribution in [0.15, 0.2) is 23.1 Å². The van der Waals surface area contributed by atoms with Crippen molar-refractivity contribution in [2.45, 2.75) is 43.5 Å². The molecule has 0 atom stereocenters. The zero-order valence-electron chi connectivity index (χ0n) is 14.0. The molecule has 3 rings (SSSR count). The van der Waals surface area contributed by atoms with E-state index in [0.29, 0.717) is 24.9 Å². The summed E-state index contributed by atoms with van der Waals surface area (Å²) in [6.07, 6.45) is 4.73. The summed E-state index contributed by atoms with van der Waals surface area (Å²) < 4.78 is 33.0. The predicted molar refractivity (Wildman–Crippen MR) is 90.3 cm³/mol. The first-order valence-corrected chi connectivity index (χ1v) is 9.85. The smallest absolute Gasteiger partial charge is 0.246 e. The van der Waals surface area contributed by atoms with Crippen LogP contribution in [0.25, 0.3) is 0 Å². The first-order valence-electron chi connectivity index (χ1n) is 8.41. The molecule has 0 spiro atoms. The van der Waals surface area contributed by atoms with Gasteiger partial charge in [0.25, 0.3) is 0 Å². The zero-order chi connectivity index (χ0) is 16.4. The molecule has 0 aromatic heterocycles. The Labute approximate surface area is 139 Å². The van der Waals surface area contributed by atoms with Gasteiger partial charge in [-0.25, -0.2) is 8.42 Å². The maximum Gasteiger partial charge on any atom is 0.246 e. The van der Waals surface area contributed by atoms with Gasteiger partial charge in [-0.1, -0.05) is 12.5 Å². The third-order valence-corrected chi connectivity index (χ3v) is 6.94. The van der Waals surface area contributed by atoms with Gasteiger partial charge in [-0.15, -0.1) is 0 Å². The Morgan fingerprint density at radius 1 is 1.09 bits per heavy atom. The number of hydrogen-bond donors (Lipinski definition) is 0. The molecular weight excluding hydrogens is 312 g/mol. The summed E-state index contributed by atoms with van der Waals surface area (Å²) in [6, 6.07) is 5.99. The zero-order valence-corrected chi connectivity index (χ0v) is 14.8. The highest BCUT2D eigenvalue weighted by atomic mass is 32.2. The van der Waals surface area contributed by atoms with Gasteiger partial charge in [-0.3, -0.25) is 4.90 Å². The van der Waals surface area contributed by atoms with Crippen LogP contribution >= 0.6 is 0 Å². The lowest BCUT2D eigenvalue weighted by molar-refractivity contribution is 0.134. The number of ether oxygens (including phenoxy) is 1. The van der Waals surface area contributed by atoms with E-state index in [-0.39, 0.29) is 4.90 Å². The topological polar surface area (TPSA) is 49.9 Å². The molecular formula is C17H26N2O3S. The summed E-state index contributed by atoms with van der Waals surface area (Å²) >= 11 is 0. The van der Waals surface area contributed by atoms with Crippen molar-refractivity contribution in [1.82, 2.24) is 9.21 Å². The van der Waals surface area contributed by atoms with E-state index in [1.165, 1.54) is 26.4 Å². The fourth-order valence-electron chi connectivity index (χ4n) is 3.40. The summed E-state index contributed by atoms with van der Waals surface area (Å²) in [5.74, 6) is 0.427. The molecule has 5 nitrogen and oxygen atoms in total. The fourth-order valence-corrected chi connectivity index (χ4v) is 5.11. The average molecular weight is 338 g/mol. The fraction of sp³-hybridized carbons (Fsp3) is 0.647. The minimum Gasteiger partial charge on any atom is -0.495 e. The van der Waals surface area contributed by atoms with Crippen LogP contribution in [0.1, 0.15) is 31.2 Å². The minimum absolute atomic E-state index is 0.289. The summed E-state index contributed by atoms with van der Waals surface area (Å²) in [5, 5.41) is 0. The van der Waals surface area contributed by atoms with Crippen LogP contribution in [0.3, 0.4) is 0 Å². The highest BCUT2D eigenvalue weighted by molar-refractivity contribution is 7.89. The summed E-state index contributed by atoms with van der Waals surface area (Å²) in [5.41, 5.74) is 0.926. The van der Waals surface area contributed by atoms with Crippen molar-refractivity contribution in [2.75, 3.05) is 33.3 Å². The third-order valence-electron chi connectivity index (χ3n) is 5.02. The number of rotatable bonds is 4. The van der Waals surface area contributed by atoms with Gasteiger partial charge in [0.05, 0.1) is 7.11 Å². The first-order chi connectivity index (χ1) is 11.0. The van der Waals surface area contributed by atoms with Crippen LogP contribution in [0, 0.1) is 6.92 Å². The molecule has 1 aliphatic heterocycles. The normalized spacial score (nSPS) is 21.7. The second kappa shape index (κ2) is 6.79. The molecule has 0 radical (unpaired) electrons. The van der Waals surface area contributed by atoms with Crippen LogP contribution in [0.5, 0.6) is 5.75 Å². The van der Waals surface area contributed by atoms with E-state index in [1.807, 2.05) is 13.0 Å². The second-order valence-corrected chi connectivity index (χ2v) is 8.44. The lowest BCUT2D eigenvalue weighted by Gasteiger charge is -2.36. The molecule has 1 saturated heterocycles. The van der Waals surface area contributed by atoms with Crippen LogP contribution in [0.4, 0.5) is 0 Å². The van der Waals surface area contributed by atoms with Gasteiger partial charge in [0.2, 0.25) is 10.0 Å². The molecule has 1 aliphatic carbocycles. The number of sulfonamides is 1.